The van der Waals surface area contributed by atoms with Crippen molar-refractivity contribution >= 4 is 23.1 Å². The highest BCUT2D eigenvalue weighted by Crippen LogP contribution is 2.26. The van der Waals surface area contributed by atoms with Crippen LogP contribution in [0.25, 0.3) is 0 Å². The lowest BCUT2D eigenvalue weighted by molar-refractivity contribution is -0.385. The lowest BCUT2D eigenvalue weighted by Crippen LogP contribution is -2.52. The fourth-order valence-corrected chi connectivity index (χ4v) is 4.30. The van der Waals surface area contributed by atoms with Crippen LogP contribution in [0, 0.1) is 16.0 Å². The van der Waals surface area contributed by atoms with Crippen LogP contribution < -0.4 is 14.5 Å². The quantitative estimate of drug-likeness (QED) is 0.537. The number of carbonyl (C=O) groups is 1. The van der Waals surface area contributed by atoms with Crippen molar-refractivity contribution in [1.82, 2.24) is 9.88 Å². The van der Waals surface area contributed by atoms with E-state index in [0.29, 0.717) is 25.5 Å². The molecule has 0 aliphatic carbocycles. The zero-order chi connectivity index (χ0) is 21.8. The maximum Gasteiger partial charge on any atom is 0.287 e. The first-order chi connectivity index (χ1) is 15.0. The van der Waals surface area contributed by atoms with Crippen molar-refractivity contribution in [2.24, 2.45) is 5.92 Å². The molecule has 0 spiro atoms. The highest BCUT2D eigenvalue weighted by Gasteiger charge is 2.31. The number of rotatable bonds is 5. The van der Waals surface area contributed by atoms with E-state index < -0.39 is 4.92 Å². The zero-order valence-corrected chi connectivity index (χ0v) is 17.6. The van der Waals surface area contributed by atoms with Crippen LogP contribution in [0.1, 0.15) is 12.8 Å². The summed E-state index contributed by atoms with van der Waals surface area (Å²) in [6, 6.07) is 11.1. The van der Waals surface area contributed by atoms with Crippen LogP contribution >= 0.6 is 0 Å². The average Bonchev–Trinajstić information content (AvgIpc) is 2.84. The number of nitrogens with zero attached hydrogens (tertiary/aromatic N) is 5. The molecule has 0 N–H and O–H groups in total. The van der Waals surface area contributed by atoms with Gasteiger partial charge >= 0.3 is 0 Å². The second-order valence-corrected chi connectivity index (χ2v) is 7.93. The van der Waals surface area contributed by atoms with Crippen LogP contribution in [-0.4, -0.2) is 67.1 Å². The Bertz CT molecular complexity index is 911. The molecular weight excluding hydrogens is 398 g/mol. The first-order valence-electron chi connectivity index (χ1n) is 10.6. The van der Waals surface area contributed by atoms with Crippen molar-refractivity contribution in [3.05, 3.63) is 52.7 Å². The third-order valence-electron chi connectivity index (χ3n) is 6.07. The van der Waals surface area contributed by atoms with Crippen molar-refractivity contribution in [3.63, 3.8) is 0 Å². The topological polar surface area (TPSA) is 92.0 Å². The number of hydrogen-bond acceptors (Lipinski definition) is 7. The molecule has 1 aromatic heterocycles. The Kier molecular flexibility index (Phi) is 6.20. The monoisotopic (exact) mass is 425 g/mol. The van der Waals surface area contributed by atoms with Crippen LogP contribution in [0.4, 0.5) is 17.2 Å². The van der Waals surface area contributed by atoms with E-state index in [1.807, 2.05) is 29.2 Å². The van der Waals surface area contributed by atoms with Gasteiger partial charge in [0, 0.05) is 51.0 Å². The number of pyridine rings is 1. The fraction of sp³-hybridized carbons (Fsp3) is 0.455. The number of nitro groups is 1. The first-order valence-corrected chi connectivity index (χ1v) is 10.6. The fourth-order valence-electron chi connectivity index (χ4n) is 4.30. The van der Waals surface area contributed by atoms with Crippen molar-refractivity contribution in [2.75, 3.05) is 56.2 Å². The van der Waals surface area contributed by atoms with Gasteiger partial charge in [0.25, 0.3) is 5.69 Å². The van der Waals surface area contributed by atoms with Crippen LogP contribution in [-0.2, 0) is 4.79 Å². The molecular formula is C22H27N5O4. The molecule has 2 fully saturated rings. The van der Waals surface area contributed by atoms with Crippen LogP contribution in [0.5, 0.6) is 5.75 Å². The predicted molar refractivity (Wildman–Crippen MR) is 118 cm³/mol. The molecule has 2 aromatic rings. The normalized spacial score (nSPS) is 19.3. The van der Waals surface area contributed by atoms with E-state index in [1.54, 1.807) is 13.2 Å². The molecule has 31 heavy (non-hydrogen) atoms. The van der Waals surface area contributed by atoms with Gasteiger partial charge in [0.15, 0.2) is 0 Å². The van der Waals surface area contributed by atoms with Crippen molar-refractivity contribution in [3.8, 4) is 5.75 Å². The minimum atomic E-state index is -0.453. The smallest absolute Gasteiger partial charge is 0.287 e. The van der Waals surface area contributed by atoms with Gasteiger partial charge in [-0.3, -0.25) is 14.9 Å². The Hall–Kier alpha value is -3.36. The average molecular weight is 425 g/mol. The number of benzene rings is 1. The number of piperazine rings is 1. The summed E-state index contributed by atoms with van der Waals surface area (Å²) < 4.78 is 5.22. The molecule has 0 bridgehead atoms. The van der Waals surface area contributed by atoms with Crippen LogP contribution in [0.15, 0.2) is 42.6 Å². The minimum absolute atomic E-state index is 0.0249. The lowest BCUT2D eigenvalue weighted by atomic mass is 9.96. The molecule has 1 aromatic carbocycles. The Morgan fingerprint density at radius 3 is 2.42 bits per heavy atom. The third kappa shape index (κ3) is 4.70. The van der Waals surface area contributed by atoms with Gasteiger partial charge in [0.2, 0.25) is 5.91 Å². The van der Waals surface area contributed by atoms with E-state index in [0.717, 1.165) is 43.9 Å². The Balaban J connectivity index is 1.33. The summed E-state index contributed by atoms with van der Waals surface area (Å²) in [6.07, 6.45) is 3.04. The number of carbonyl (C=O) groups excluding carboxylic acids is 1. The number of piperidine rings is 1. The van der Waals surface area contributed by atoms with Gasteiger partial charge in [0.1, 0.15) is 17.8 Å². The van der Waals surface area contributed by atoms with Gasteiger partial charge in [-0.25, -0.2) is 4.98 Å². The zero-order valence-electron chi connectivity index (χ0n) is 17.6. The van der Waals surface area contributed by atoms with Gasteiger partial charge in [-0.05, 0) is 43.2 Å². The minimum Gasteiger partial charge on any atom is -0.497 e. The molecule has 164 valence electrons. The number of hydrogen-bond donors (Lipinski definition) is 0. The molecule has 3 heterocycles. The Labute approximate surface area is 181 Å². The molecule has 1 atom stereocenters. The molecule has 0 saturated carbocycles. The van der Waals surface area contributed by atoms with Gasteiger partial charge in [-0.2, -0.15) is 0 Å². The van der Waals surface area contributed by atoms with E-state index in [9.17, 15) is 14.9 Å². The highest BCUT2D eigenvalue weighted by atomic mass is 16.6. The summed E-state index contributed by atoms with van der Waals surface area (Å²) in [4.78, 5) is 34.1. The lowest BCUT2D eigenvalue weighted by Gasteiger charge is -2.40. The Morgan fingerprint density at radius 1 is 1.06 bits per heavy atom. The third-order valence-corrected chi connectivity index (χ3v) is 6.07. The van der Waals surface area contributed by atoms with E-state index >= 15 is 0 Å². The van der Waals surface area contributed by atoms with E-state index in [4.69, 9.17) is 4.74 Å². The van der Waals surface area contributed by atoms with Crippen molar-refractivity contribution in [2.45, 2.75) is 12.8 Å². The van der Waals surface area contributed by atoms with E-state index in [-0.39, 0.29) is 17.5 Å². The number of aromatic nitrogens is 1. The molecule has 0 unspecified atom stereocenters. The van der Waals surface area contributed by atoms with Crippen LogP contribution in [0.2, 0.25) is 0 Å². The summed E-state index contributed by atoms with van der Waals surface area (Å²) in [6.45, 7) is 4.42. The number of amides is 1. The largest absolute Gasteiger partial charge is 0.497 e. The molecule has 9 nitrogen and oxygen atoms in total. The SMILES string of the molecule is COc1ccc(N2CCN(C(=O)[C@H]3CCCN(c4ccc([N+](=O)[O-])cn4)C3)CC2)cc1. The molecule has 2 aliphatic rings. The second kappa shape index (κ2) is 9.20. The predicted octanol–water partition coefficient (Wildman–Crippen LogP) is 2.56. The van der Waals surface area contributed by atoms with E-state index in [2.05, 4.69) is 14.8 Å². The Morgan fingerprint density at radius 2 is 1.81 bits per heavy atom. The highest BCUT2D eigenvalue weighted by molar-refractivity contribution is 5.80. The maximum absolute atomic E-state index is 13.2. The standard InChI is InChI=1S/C22H27N5O4/c1-31-20-7-4-18(5-8-20)24-11-13-25(14-12-24)22(28)17-3-2-10-26(16-17)21-9-6-19(15-23-21)27(29)30/h4-9,15,17H,2-3,10-14,16H2,1H3/t17-/m0/s1. The summed E-state index contributed by atoms with van der Waals surface area (Å²) in [7, 11) is 1.66. The molecule has 1 amide bonds. The van der Waals surface area contributed by atoms with E-state index in [1.165, 1.54) is 12.3 Å². The molecule has 4 rings (SSSR count). The van der Waals surface area contributed by atoms with Gasteiger partial charge in [0.05, 0.1) is 18.0 Å². The number of methoxy groups -OCH3 is 1. The molecule has 2 saturated heterocycles. The summed E-state index contributed by atoms with van der Waals surface area (Å²) in [5, 5.41) is 10.8. The molecule has 9 heteroatoms. The van der Waals surface area contributed by atoms with Gasteiger partial charge < -0.3 is 19.4 Å². The van der Waals surface area contributed by atoms with Gasteiger partial charge in [-0.1, -0.05) is 0 Å². The van der Waals surface area contributed by atoms with Gasteiger partial charge in [-0.15, -0.1) is 0 Å². The first kappa shape index (κ1) is 20.9. The second-order valence-electron chi connectivity index (χ2n) is 7.93. The summed E-state index contributed by atoms with van der Waals surface area (Å²) in [5.74, 6) is 1.65. The van der Waals surface area contributed by atoms with Crippen molar-refractivity contribution < 1.29 is 14.5 Å². The summed E-state index contributed by atoms with van der Waals surface area (Å²) in [5.41, 5.74) is 1.11. The van der Waals surface area contributed by atoms with Crippen LogP contribution in [0.3, 0.4) is 0 Å². The maximum atomic E-state index is 13.2. The molecule has 0 radical (unpaired) electrons. The van der Waals surface area contributed by atoms with Crippen molar-refractivity contribution in [1.29, 1.82) is 0 Å². The number of anilines is 2. The summed E-state index contributed by atoms with van der Waals surface area (Å²) >= 11 is 0. The molecule has 2 aliphatic heterocycles. The number of ether oxygens (including phenoxy) is 1.